The minimum atomic E-state index is 0.0507. The molecule has 0 saturated heterocycles. The monoisotopic (exact) mass is 363 g/mol. The molecule has 7 N–H and O–H groups in total. The number of ether oxygens (including phenoxy) is 1. The molecule has 0 bridgehead atoms. The van der Waals surface area contributed by atoms with E-state index in [4.69, 9.17) is 27.0 Å². The zero-order chi connectivity index (χ0) is 16.3. The van der Waals surface area contributed by atoms with Crippen molar-refractivity contribution in [2.75, 3.05) is 23.9 Å². The summed E-state index contributed by atoms with van der Waals surface area (Å²) in [7, 11) is 1.51. The Morgan fingerprint density at radius 2 is 2.09 bits per heavy atom. The van der Waals surface area contributed by atoms with Crippen molar-refractivity contribution in [3.8, 4) is 5.75 Å². The summed E-state index contributed by atoms with van der Waals surface area (Å²) in [5.74, 6) is 0.988. The van der Waals surface area contributed by atoms with Crippen LogP contribution in [-0.4, -0.2) is 27.9 Å². The minimum Gasteiger partial charge on any atom is -0.494 e. The molecule has 0 radical (unpaired) electrons. The summed E-state index contributed by atoms with van der Waals surface area (Å²) in [5, 5.41) is 18.1. The van der Waals surface area contributed by atoms with Crippen LogP contribution < -0.4 is 21.5 Å². The van der Waals surface area contributed by atoms with Crippen LogP contribution in [0.25, 0.3) is 0 Å². The van der Waals surface area contributed by atoms with Crippen molar-refractivity contribution >= 4 is 49.8 Å². The predicted molar refractivity (Wildman–Crippen MR) is 90.8 cm³/mol. The van der Waals surface area contributed by atoms with Gasteiger partial charge in [0.25, 0.3) is 0 Å². The molecule has 9 heteroatoms. The molecule has 0 aliphatic rings. The number of benzene rings is 1. The highest BCUT2D eigenvalue weighted by molar-refractivity contribution is 9.18. The number of nitrogens with one attached hydrogen (secondary N) is 3. The second-order valence-electron chi connectivity index (χ2n) is 4.25. The Hall–Kier alpha value is -2.68. The second-order valence-corrected chi connectivity index (χ2v) is 5.04. The molecule has 2 rings (SSSR count). The van der Waals surface area contributed by atoms with Gasteiger partial charge in [0.05, 0.1) is 18.4 Å². The third kappa shape index (κ3) is 2.98. The lowest BCUT2D eigenvalue weighted by atomic mass is 10.1. The number of nitrogens with zero attached hydrogens (tertiary/aromatic N) is 2. The first-order chi connectivity index (χ1) is 10.5. The fourth-order valence-electron chi connectivity index (χ4n) is 1.84. The van der Waals surface area contributed by atoms with Gasteiger partial charge in [-0.25, -0.2) is 9.97 Å². The maximum Gasteiger partial charge on any atom is 0.146 e. The van der Waals surface area contributed by atoms with Gasteiger partial charge in [0, 0.05) is 23.5 Å². The normalized spacial score (nSPS) is 10.1. The van der Waals surface area contributed by atoms with Gasteiger partial charge >= 0.3 is 0 Å². The third-order valence-corrected chi connectivity index (χ3v) is 3.31. The van der Waals surface area contributed by atoms with Gasteiger partial charge in [-0.15, -0.1) is 0 Å². The predicted octanol–water partition coefficient (Wildman–Crippen LogP) is 2.11. The molecule has 0 aliphatic carbocycles. The minimum absolute atomic E-state index is 0.0507. The topological polar surface area (TPSA) is 147 Å². The number of methoxy groups -OCH3 is 1. The lowest BCUT2D eigenvalue weighted by molar-refractivity contribution is 0.417. The molecule has 1 aromatic carbocycles. The largest absolute Gasteiger partial charge is 0.494 e. The lowest BCUT2D eigenvalue weighted by Gasteiger charge is -2.15. The molecule has 0 saturated carbocycles. The van der Waals surface area contributed by atoms with E-state index in [9.17, 15) is 0 Å². The molecule has 1 aromatic heterocycles. The second kappa shape index (κ2) is 6.39. The number of nitrogens with two attached hydrogens (primary N) is 2. The standard InChI is InChI=1S/C13H14BrN7O/c1-22-9-3-7(16)6(4-15)2-8(9)21-13-10(11(14)17)12(18)19-5-20-13/h2-5,15,17H,16H2,1H3,(H3,18,19,20,21). The molecule has 0 atom stereocenters. The van der Waals surface area contributed by atoms with E-state index in [1.165, 1.54) is 13.4 Å². The zero-order valence-corrected chi connectivity index (χ0v) is 13.2. The number of anilines is 4. The summed E-state index contributed by atoms with van der Waals surface area (Å²) in [5.41, 5.74) is 13.4. The Bertz CT molecular complexity index is 747. The Kier molecular flexibility index (Phi) is 4.56. The molecule has 114 valence electrons. The highest BCUT2D eigenvalue weighted by atomic mass is 79.9. The maximum absolute atomic E-state index is 7.72. The molecule has 0 fully saturated rings. The first-order valence-corrected chi connectivity index (χ1v) is 6.87. The summed E-state index contributed by atoms with van der Waals surface area (Å²) >= 11 is 3.07. The number of nitrogen functional groups attached to an aromatic ring is 2. The van der Waals surface area contributed by atoms with Gasteiger partial charge in [-0.05, 0) is 22.0 Å². The van der Waals surface area contributed by atoms with E-state index in [-0.39, 0.29) is 10.4 Å². The van der Waals surface area contributed by atoms with Crippen molar-refractivity contribution < 1.29 is 4.74 Å². The van der Waals surface area contributed by atoms with Crippen LogP contribution in [0, 0.1) is 10.8 Å². The van der Waals surface area contributed by atoms with Crippen LogP contribution in [0.15, 0.2) is 18.5 Å². The lowest BCUT2D eigenvalue weighted by Crippen LogP contribution is -2.08. The van der Waals surface area contributed by atoms with Crippen molar-refractivity contribution in [1.82, 2.24) is 9.97 Å². The summed E-state index contributed by atoms with van der Waals surface area (Å²) in [6, 6.07) is 3.26. The molecular weight excluding hydrogens is 350 g/mol. The van der Waals surface area contributed by atoms with Crippen LogP contribution in [-0.2, 0) is 0 Å². The van der Waals surface area contributed by atoms with Crippen molar-refractivity contribution in [2.45, 2.75) is 0 Å². The van der Waals surface area contributed by atoms with Crippen molar-refractivity contribution in [3.63, 3.8) is 0 Å². The summed E-state index contributed by atoms with van der Waals surface area (Å²) in [6.07, 6.45) is 2.43. The van der Waals surface area contributed by atoms with Crippen molar-refractivity contribution in [3.05, 3.63) is 29.6 Å². The average Bonchev–Trinajstić information content (AvgIpc) is 2.48. The van der Waals surface area contributed by atoms with Gasteiger partial charge < -0.3 is 26.9 Å². The number of aromatic nitrogens is 2. The smallest absolute Gasteiger partial charge is 0.146 e. The first-order valence-electron chi connectivity index (χ1n) is 6.07. The van der Waals surface area contributed by atoms with E-state index in [1.807, 2.05) is 0 Å². The molecule has 22 heavy (non-hydrogen) atoms. The maximum atomic E-state index is 7.72. The van der Waals surface area contributed by atoms with Crippen LogP contribution in [0.5, 0.6) is 5.75 Å². The van der Waals surface area contributed by atoms with Crippen LogP contribution in [0.1, 0.15) is 11.1 Å². The van der Waals surface area contributed by atoms with E-state index in [1.54, 1.807) is 12.1 Å². The van der Waals surface area contributed by atoms with E-state index >= 15 is 0 Å². The van der Waals surface area contributed by atoms with Gasteiger partial charge in [-0.1, -0.05) is 0 Å². The number of hydrogen-bond donors (Lipinski definition) is 5. The average molecular weight is 364 g/mol. The van der Waals surface area contributed by atoms with Gasteiger partial charge in [-0.2, -0.15) is 0 Å². The number of halogens is 1. The number of rotatable bonds is 5. The molecule has 2 aromatic rings. The molecule has 0 unspecified atom stereocenters. The molecule has 0 aliphatic heterocycles. The fourth-order valence-corrected chi connectivity index (χ4v) is 2.23. The molecule has 1 heterocycles. The Morgan fingerprint density at radius 3 is 2.68 bits per heavy atom. The SMILES string of the molecule is COc1cc(N)c(C=N)cc1Nc1ncnc(N)c1C(=N)Br. The molecule has 0 spiro atoms. The Balaban J connectivity index is 2.54. The van der Waals surface area contributed by atoms with E-state index in [2.05, 4.69) is 31.2 Å². The van der Waals surface area contributed by atoms with E-state index in [0.717, 1.165) is 6.21 Å². The number of hydrogen-bond acceptors (Lipinski definition) is 8. The molecular formula is C13H14BrN7O. The molecule has 0 amide bonds. The summed E-state index contributed by atoms with van der Waals surface area (Å²) in [6.45, 7) is 0. The molecule has 8 nitrogen and oxygen atoms in total. The Morgan fingerprint density at radius 1 is 1.36 bits per heavy atom. The van der Waals surface area contributed by atoms with Crippen LogP contribution in [0.2, 0.25) is 0 Å². The first kappa shape index (κ1) is 15.7. The fraction of sp³-hybridized carbons (Fsp3) is 0.0769. The van der Waals surface area contributed by atoms with Gasteiger partial charge in [0.2, 0.25) is 0 Å². The van der Waals surface area contributed by atoms with Crippen LogP contribution in [0.4, 0.5) is 23.0 Å². The summed E-state index contributed by atoms with van der Waals surface area (Å²) < 4.78 is 5.32. The van der Waals surface area contributed by atoms with Crippen molar-refractivity contribution in [1.29, 1.82) is 10.8 Å². The van der Waals surface area contributed by atoms with Crippen LogP contribution >= 0.6 is 15.9 Å². The van der Waals surface area contributed by atoms with Gasteiger partial charge in [0.1, 0.15) is 28.3 Å². The van der Waals surface area contributed by atoms with Crippen LogP contribution in [0.3, 0.4) is 0 Å². The van der Waals surface area contributed by atoms with Gasteiger partial charge in [-0.3, -0.25) is 5.41 Å². The highest BCUT2D eigenvalue weighted by Crippen LogP contribution is 2.33. The van der Waals surface area contributed by atoms with Gasteiger partial charge in [0.15, 0.2) is 0 Å². The highest BCUT2D eigenvalue weighted by Gasteiger charge is 2.15. The Labute approximate surface area is 135 Å². The van der Waals surface area contributed by atoms with Crippen molar-refractivity contribution in [2.24, 2.45) is 0 Å². The quantitative estimate of drug-likeness (QED) is 0.406. The van der Waals surface area contributed by atoms with E-state index in [0.29, 0.717) is 34.1 Å². The third-order valence-electron chi connectivity index (χ3n) is 2.91. The van der Waals surface area contributed by atoms with E-state index < -0.39 is 0 Å². The summed E-state index contributed by atoms with van der Waals surface area (Å²) in [4.78, 5) is 7.95. The zero-order valence-electron chi connectivity index (χ0n) is 11.6.